The van der Waals surface area contributed by atoms with Gasteiger partial charge in [-0.25, -0.2) is 4.68 Å². The van der Waals surface area contributed by atoms with Crippen LogP contribution in [0.1, 0.15) is 0 Å². The van der Waals surface area contributed by atoms with Crippen LogP contribution in [0.5, 0.6) is 0 Å². The molecule has 3 heterocycles. The van der Waals surface area contributed by atoms with Crippen LogP contribution in [0.4, 0.5) is 0 Å². The first kappa shape index (κ1) is 9.07. The van der Waals surface area contributed by atoms with Crippen LogP contribution < -0.4 is 0 Å². The molecule has 0 saturated heterocycles. The number of rotatable bonds is 3. The Morgan fingerprint density at radius 2 is 2.44 bits per heavy atom. The lowest BCUT2D eigenvalue weighted by molar-refractivity contribution is -0.967. The summed E-state index contributed by atoms with van der Waals surface area (Å²) in [5.41, 5.74) is 0. The van der Waals surface area contributed by atoms with E-state index in [2.05, 4.69) is 25.6 Å². The molecule has 2 aliphatic rings. The minimum Gasteiger partial charge on any atom is -0.220 e. The molecule has 8 heteroatoms. The van der Waals surface area contributed by atoms with E-state index in [0.29, 0.717) is 5.84 Å². The minimum absolute atomic E-state index is 0.184. The molecule has 8 nitrogen and oxygen atoms in total. The molecule has 1 atom stereocenters. The van der Waals surface area contributed by atoms with Gasteiger partial charge in [0.15, 0.2) is 0 Å². The van der Waals surface area contributed by atoms with Crippen molar-refractivity contribution in [2.75, 3.05) is 0 Å². The molecule has 1 aromatic heterocycles. The van der Waals surface area contributed by atoms with Crippen molar-refractivity contribution in [1.82, 2.24) is 15.0 Å². The molecule has 1 aromatic rings. The van der Waals surface area contributed by atoms with E-state index >= 15 is 0 Å². The highest BCUT2D eigenvalue weighted by molar-refractivity contribution is 5.98. The zero-order valence-electron chi connectivity index (χ0n) is 8.21. The van der Waals surface area contributed by atoms with E-state index in [-0.39, 0.29) is 11.5 Å². The van der Waals surface area contributed by atoms with Gasteiger partial charge in [-0.15, -0.1) is 9.94 Å². The van der Waals surface area contributed by atoms with Crippen molar-refractivity contribution in [3.05, 3.63) is 24.5 Å². The topological polar surface area (TPSA) is 77.0 Å². The van der Waals surface area contributed by atoms with Crippen molar-refractivity contribution < 1.29 is 9.59 Å². The summed E-state index contributed by atoms with van der Waals surface area (Å²) < 4.78 is 1.36. The summed E-state index contributed by atoms with van der Waals surface area (Å²) >= 11 is 0. The largest absolute Gasteiger partial charge is 0.313 e. The first-order chi connectivity index (χ1) is 7.89. The molecule has 2 aliphatic heterocycles. The molecule has 0 amide bonds. The molecule has 0 spiro atoms. The third-order valence-electron chi connectivity index (χ3n) is 2.12. The fourth-order valence-electron chi connectivity index (χ4n) is 1.36. The predicted molar refractivity (Wildman–Crippen MR) is 54.9 cm³/mol. The number of quaternary nitrogens is 1. The summed E-state index contributed by atoms with van der Waals surface area (Å²) in [7, 11) is 0. The monoisotopic (exact) mass is 218 g/mol. The van der Waals surface area contributed by atoms with Crippen LogP contribution in [0.2, 0.25) is 0 Å². The standard InChI is InChI=1S/C8H8N7O/c1-2-8-12-10-6-15(8,11-3-1)16-7-14-5-4-9-13-14/h1-6H,7H2/q+1. The molecule has 0 aromatic carbocycles. The Balaban J connectivity index is 1.79. The van der Waals surface area contributed by atoms with Gasteiger partial charge in [0.25, 0.3) is 6.34 Å². The number of amidine groups is 1. The van der Waals surface area contributed by atoms with Gasteiger partial charge in [0.1, 0.15) is 0 Å². The Kier molecular flexibility index (Phi) is 1.95. The van der Waals surface area contributed by atoms with Gasteiger partial charge in [-0.1, -0.05) is 15.4 Å². The summed E-state index contributed by atoms with van der Waals surface area (Å²) in [6.45, 7) is 0.218. The normalized spacial score (nSPS) is 25.9. The summed E-state index contributed by atoms with van der Waals surface area (Å²) in [6, 6.07) is 0. The van der Waals surface area contributed by atoms with Crippen molar-refractivity contribution in [2.24, 2.45) is 15.3 Å². The van der Waals surface area contributed by atoms with E-state index in [1.54, 1.807) is 35.4 Å². The first-order valence-corrected chi connectivity index (χ1v) is 4.61. The Hall–Kier alpha value is -2.19. The predicted octanol–water partition coefficient (Wildman–Crippen LogP) is -0.105. The zero-order chi connectivity index (χ0) is 10.8. The molecule has 0 N–H and O–H groups in total. The molecule has 16 heavy (non-hydrogen) atoms. The number of nitrogens with zero attached hydrogens (tertiary/aromatic N) is 7. The summed E-state index contributed by atoms with van der Waals surface area (Å²) in [4.78, 5) is 5.61. The second kappa shape index (κ2) is 3.43. The maximum absolute atomic E-state index is 5.61. The van der Waals surface area contributed by atoms with Gasteiger partial charge in [-0.2, -0.15) is 0 Å². The van der Waals surface area contributed by atoms with E-state index in [4.69, 9.17) is 4.84 Å². The van der Waals surface area contributed by atoms with Crippen LogP contribution in [-0.2, 0) is 11.6 Å². The molecule has 80 valence electrons. The molecule has 1 unspecified atom stereocenters. The van der Waals surface area contributed by atoms with Gasteiger partial charge in [-0.3, -0.25) is 0 Å². The Labute approximate surface area is 90.4 Å². The van der Waals surface area contributed by atoms with E-state index in [1.165, 1.54) is 6.34 Å². The van der Waals surface area contributed by atoms with Crippen LogP contribution in [0.15, 0.2) is 39.8 Å². The van der Waals surface area contributed by atoms with Gasteiger partial charge in [-0.05, 0) is 11.2 Å². The molecule has 0 aliphatic carbocycles. The van der Waals surface area contributed by atoms with Crippen LogP contribution in [0, 0.1) is 0 Å². The highest BCUT2D eigenvalue weighted by atomic mass is 16.8. The SMILES string of the molecule is C1=CC2=NN=C[N+]2(OCn2ccnn2)N=C1. The van der Waals surface area contributed by atoms with E-state index in [9.17, 15) is 0 Å². The average molecular weight is 218 g/mol. The zero-order valence-corrected chi connectivity index (χ0v) is 8.21. The molecule has 0 bridgehead atoms. The minimum atomic E-state index is -0.184. The third kappa shape index (κ3) is 1.36. The van der Waals surface area contributed by atoms with Crippen LogP contribution >= 0.6 is 0 Å². The van der Waals surface area contributed by atoms with Crippen molar-refractivity contribution in [3.63, 3.8) is 0 Å². The number of hydrogen-bond donors (Lipinski definition) is 0. The molecule has 0 saturated carbocycles. The van der Waals surface area contributed by atoms with Gasteiger partial charge >= 0.3 is 5.84 Å². The fourth-order valence-corrected chi connectivity index (χ4v) is 1.36. The maximum atomic E-state index is 5.61. The smallest absolute Gasteiger partial charge is 0.220 e. The molecule has 3 rings (SSSR count). The Morgan fingerprint density at radius 1 is 1.44 bits per heavy atom. The van der Waals surface area contributed by atoms with Crippen molar-refractivity contribution >= 4 is 18.4 Å². The number of hydroxylamine groups is 2. The molecule has 0 fully saturated rings. The summed E-state index contributed by atoms with van der Waals surface area (Å²) in [5.74, 6) is 0.614. The van der Waals surface area contributed by atoms with Gasteiger partial charge in [0, 0.05) is 17.0 Å². The van der Waals surface area contributed by atoms with Crippen LogP contribution in [0.25, 0.3) is 0 Å². The second-order valence-corrected chi connectivity index (χ2v) is 3.14. The van der Waals surface area contributed by atoms with Crippen molar-refractivity contribution in [1.29, 1.82) is 0 Å². The second-order valence-electron chi connectivity index (χ2n) is 3.14. The van der Waals surface area contributed by atoms with E-state index < -0.39 is 0 Å². The molecule has 0 radical (unpaired) electrons. The Morgan fingerprint density at radius 3 is 3.31 bits per heavy atom. The Bertz CT molecular complexity index is 500. The maximum Gasteiger partial charge on any atom is 0.313 e. The number of aromatic nitrogens is 3. The lowest BCUT2D eigenvalue weighted by Gasteiger charge is -2.20. The van der Waals surface area contributed by atoms with Crippen molar-refractivity contribution in [2.45, 2.75) is 6.73 Å². The molecular formula is C8H8N7O+. The summed E-state index contributed by atoms with van der Waals surface area (Å²) in [5, 5.41) is 19.4. The lowest BCUT2D eigenvalue weighted by Crippen LogP contribution is -2.45. The number of allylic oxidation sites excluding steroid dienone is 1. The van der Waals surface area contributed by atoms with Crippen LogP contribution in [-0.4, -0.2) is 38.1 Å². The van der Waals surface area contributed by atoms with Gasteiger partial charge < -0.3 is 0 Å². The van der Waals surface area contributed by atoms with Gasteiger partial charge in [0.05, 0.1) is 12.4 Å². The third-order valence-corrected chi connectivity index (χ3v) is 2.12. The highest BCUT2D eigenvalue weighted by Gasteiger charge is 2.40. The quantitative estimate of drug-likeness (QED) is 0.664. The summed E-state index contributed by atoms with van der Waals surface area (Å²) in [6.07, 6.45) is 10.00. The van der Waals surface area contributed by atoms with Crippen molar-refractivity contribution in [3.8, 4) is 0 Å². The van der Waals surface area contributed by atoms with E-state index in [1.807, 2.05) is 0 Å². The van der Waals surface area contributed by atoms with Gasteiger partial charge in [0.2, 0.25) is 6.73 Å². The molecular weight excluding hydrogens is 210 g/mol. The van der Waals surface area contributed by atoms with E-state index in [0.717, 1.165) is 0 Å². The number of fused-ring (bicyclic) bond motifs is 1. The number of hydrogen-bond acceptors (Lipinski definition) is 6. The average Bonchev–Trinajstić information content (AvgIpc) is 2.96. The first-order valence-electron chi connectivity index (χ1n) is 4.61. The lowest BCUT2D eigenvalue weighted by atomic mass is 10.4. The highest BCUT2D eigenvalue weighted by Crippen LogP contribution is 2.18. The fraction of sp³-hybridized carbons (Fsp3) is 0.125. The van der Waals surface area contributed by atoms with Crippen LogP contribution in [0.3, 0.4) is 0 Å².